The smallest absolute Gasteiger partial charge is 0.236 e. The van der Waals surface area contributed by atoms with Crippen LogP contribution in [0.1, 0.15) is 12.5 Å². The van der Waals surface area contributed by atoms with E-state index in [0.717, 1.165) is 5.56 Å². The fourth-order valence-corrected chi connectivity index (χ4v) is 2.83. The van der Waals surface area contributed by atoms with Gasteiger partial charge in [0, 0.05) is 12.4 Å². The highest BCUT2D eigenvalue weighted by atomic mass is 32.2. The first-order valence-electron chi connectivity index (χ1n) is 8.13. The molecule has 3 rings (SSSR count). The second-order valence-electron chi connectivity index (χ2n) is 5.27. The molecule has 0 bridgehead atoms. The molecule has 0 radical (unpaired) electrons. The molecule has 2 aromatic rings. The zero-order chi connectivity index (χ0) is 18.2. The molecular weight excluding hydrogens is 354 g/mol. The summed E-state index contributed by atoms with van der Waals surface area (Å²) in [4.78, 5) is 15.1. The van der Waals surface area contributed by atoms with Crippen LogP contribution in [0.5, 0.6) is 11.5 Å². The van der Waals surface area contributed by atoms with Crippen molar-refractivity contribution in [1.82, 2.24) is 14.9 Å². The van der Waals surface area contributed by atoms with Crippen molar-refractivity contribution in [1.29, 1.82) is 0 Å². The summed E-state index contributed by atoms with van der Waals surface area (Å²) < 4.78 is 13.4. The predicted octanol–water partition coefficient (Wildman–Crippen LogP) is 1.91. The highest BCUT2D eigenvalue weighted by Crippen LogP contribution is 2.28. The van der Waals surface area contributed by atoms with E-state index < -0.39 is 0 Å². The molecule has 0 saturated carbocycles. The van der Waals surface area contributed by atoms with Crippen molar-refractivity contribution in [3.05, 3.63) is 42.5 Å². The summed E-state index contributed by atoms with van der Waals surface area (Å²) in [7, 11) is 0. The van der Waals surface area contributed by atoms with Crippen molar-refractivity contribution in [2.75, 3.05) is 19.0 Å². The lowest BCUT2D eigenvalue weighted by molar-refractivity contribution is -0.116. The van der Waals surface area contributed by atoms with Crippen LogP contribution in [0, 0.1) is 0 Å². The minimum absolute atomic E-state index is 0.0558. The second-order valence-corrected chi connectivity index (χ2v) is 6.24. The third-order valence-electron chi connectivity index (χ3n) is 3.38. The van der Waals surface area contributed by atoms with Gasteiger partial charge in [0.25, 0.3) is 0 Å². The Balaban J connectivity index is 1.62. The molecule has 2 heterocycles. The standard InChI is InChI=1S/C17H19N5O3S/c1-2-24-15-9-13(10-19-21-17-20-16(23)11-26-17)3-4-14(15)25-8-7-22-6-5-18-12-22/h3-6,9-10,12H,2,7-8,11H2,1H3,(H,20,21,23). The summed E-state index contributed by atoms with van der Waals surface area (Å²) in [5, 5.41) is 11.1. The number of amidine groups is 1. The molecule has 1 N–H and O–H groups in total. The molecule has 1 amide bonds. The van der Waals surface area contributed by atoms with Crippen molar-refractivity contribution < 1.29 is 14.3 Å². The average Bonchev–Trinajstić information content (AvgIpc) is 3.29. The number of nitrogens with one attached hydrogen (secondary N) is 1. The zero-order valence-corrected chi connectivity index (χ0v) is 15.1. The largest absolute Gasteiger partial charge is 0.490 e. The van der Waals surface area contributed by atoms with Crippen LogP contribution in [0.3, 0.4) is 0 Å². The molecular formula is C17H19N5O3S. The second kappa shape index (κ2) is 9.04. The molecule has 8 nitrogen and oxygen atoms in total. The molecule has 26 heavy (non-hydrogen) atoms. The molecule has 1 aromatic heterocycles. The van der Waals surface area contributed by atoms with Crippen molar-refractivity contribution in [2.24, 2.45) is 10.2 Å². The van der Waals surface area contributed by atoms with Gasteiger partial charge < -0.3 is 19.4 Å². The minimum Gasteiger partial charge on any atom is -0.490 e. The molecule has 1 fully saturated rings. The third kappa shape index (κ3) is 5.09. The van der Waals surface area contributed by atoms with Gasteiger partial charge in [-0.3, -0.25) is 4.79 Å². The first kappa shape index (κ1) is 18.0. The van der Waals surface area contributed by atoms with Crippen LogP contribution in [0.25, 0.3) is 0 Å². The van der Waals surface area contributed by atoms with Gasteiger partial charge in [0.2, 0.25) is 5.91 Å². The Hall–Kier alpha value is -2.81. The molecule has 1 saturated heterocycles. The summed E-state index contributed by atoms with van der Waals surface area (Å²) in [6.07, 6.45) is 6.98. The van der Waals surface area contributed by atoms with E-state index in [1.165, 1.54) is 11.8 Å². The number of aromatic nitrogens is 2. The summed E-state index contributed by atoms with van der Waals surface area (Å²) >= 11 is 1.33. The van der Waals surface area contributed by atoms with E-state index >= 15 is 0 Å². The van der Waals surface area contributed by atoms with Crippen molar-refractivity contribution in [3.8, 4) is 11.5 Å². The number of rotatable bonds is 8. The highest BCUT2D eigenvalue weighted by molar-refractivity contribution is 8.15. The molecule has 1 aliphatic heterocycles. The first-order chi connectivity index (χ1) is 12.7. The predicted molar refractivity (Wildman–Crippen MR) is 101 cm³/mol. The highest BCUT2D eigenvalue weighted by Gasteiger charge is 2.15. The number of carbonyl (C=O) groups is 1. The van der Waals surface area contributed by atoms with Crippen molar-refractivity contribution >= 4 is 29.1 Å². The number of carbonyl (C=O) groups excluding carboxylic acids is 1. The molecule has 0 spiro atoms. The molecule has 1 aliphatic rings. The van der Waals surface area contributed by atoms with Gasteiger partial charge >= 0.3 is 0 Å². The van der Waals surface area contributed by atoms with Gasteiger partial charge in [-0.1, -0.05) is 11.8 Å². The summed E-state index contributed by atoms with van der Waals surface area (Å²) in [6.45, 7) is 3.66. The summed E-state index contributed by atoms with van der Waals surface area (Å²) in [5.74, 6) is 1.65. The monoisotopic (exact) mass is 373 g/mol. The van der Waals surface area contributed by atoms with Crippen LogP contribution in [0.15, 0.2) is 47.1 Å². The number of nitrogens with zero attached hydrogens (tertiary/aromatic N) is 4. The van der Waals surface area contributed by atoms with Crippen LogP contribution >= 0.6 is 11.8 Å². The number of ether oxygens (including phenoxy) is 2. The molecule has 136 valence electrons. The Labute approximate surface area is 155 Å². The van der Waals surface area contributed by atoms with E-state index in [0.29, 0.717) is 42.2 Å². The van der Waals surface area contributed by atoms with Gasteiger partial charge in [-0.15, -0.1) is 5.10 Å². The van der Waals surface area contributed by atoms with E-state index in [4.69, 9.17) is 9.47 Å². The normalized spacial score (nSPS) is 15.6. The topological polar surface area (TPSA) is 90.1 Å². The van der Waals surface area contributed by atoms with E-state index in [-0.39, 0.29) is 5.91 Å². The van der Waals surface area contributed by atoms with Crippen LogP contribution in [0.2, 0.25) is 0 Å². The Morgan fingerprint density at radius 2 is 2.31 bits per heavy atom. The van der Waals surface area contributed by atoms with Crippen LogP contribution in [-0.4, -0.2) is 45.8 Å². The van der Waals surface area contributed by atoms with Gasteiger partial charge in [-0.2, -0.15) is 5.10 Å². The SMILES string of the molecule is CCOc1cc(C=NN=C2NC(=O)CS2)ccc1OCCn1ccnc1. The number of hydrogen-bond donors (Lipinski definition) is 1. The van der Waals surface area contributed by atoms with Gasteiger partial charge in [-0.25, -0.2) is 4.98 Å². The molecule has 0 atom stereocenters. The lowest BCUT2D eigenvalue weighted by atomic mass is 10.2. The minimum atomic E-state index is -0.0558. The maximum atomic E-state index is 11.1. The average molecular weight is 373 g/mol. The van der Waals surface area contributed by atoms with Gasteiger partial charge in [-0.05, 0) is 30.7 Å². The van der Waals surface area contributed by atoms with Gasteiger partial charge in [0.05, 0.1) is 31.4 Å². The Bertz CT molecular complexity index is 805. The van der Waals surface area contributed by atoms with E-state index in [2.05, 4.69) is 20.5 Å². The van der Waals surface area contributed by atoms with E-state index in [1.54, 1.807) is 18.7 Å². The van der Waals surface area contributed by atoms with Crippen molar-refractivity contribution in [2.45, 2.75) is 13.5 Å². The Morgan fingerprint density at radius 1 is 1.38 bits per heavy atom. The first-order valence-corrected chi connectivity index (χ1v) is 9.12. The molecule has 1 aromatic carbocycles. The van der Waals surface area contributed by atoms with Crippen LogP contribution in [0.4, 0.5) is 0 Å². The number of amides is 1. The Morgan fingerprint density at radius 3 is 3.04 bits per heavy atom. The van der Waals surface area contributed by atoms with Gasteiger partial charge in [0.1, 0.15) is 6.61 Å². The number of benzene rings is 1. The van der Waals surface area contributed by atoms with Crippen LogP contribution in [-0.2, 0) is 11.3 Å². The molecule has 0 unspecified atom stereocenters. The summed E-state index contributed by atoms with van der Waals surface area (Å²) in [6, 6.07) is 5.57. The number of hydrogen-bond acceptors (Lipinski definition) is 7. The van der Waals surface area contributed by atoms with E-state index in [1.807, 2.05) is 35.9 Å². The molecule has 9 heteroatoms. The van der Waals surface area contributed by atoms with Gasteiger partial charge in [0.15, 0.2) is 16.7 Å². The summed E-state index contributed by atoms with van der Waals surface area (Å²) in [5.41, 5.74) is 0.828. The number of imidazole rings is 1. The van der Waals surface area contributed by atoms with E-state index in [9.17, 15) is 4.79 Å². The number of thioether (sulfide) groups is 1. The van der Waals surface area contributed by atoms with Crippen LogP contribution < -0.4 is 14.8 Å². The fourth-order valence-electron chi connectivity index (χ4n) is 2.20. The lowest BCUT2D eigenvalue weighted by Crippen LogP contribution is -2.19. The third-order valence-corrected chi connectivity index (χ3v) is 4.24. The Kier molecular flexibility index (Phi) is 6.26. The lowest BCUT2D eigenvalue weighted by Gasteiger charge is -2.12. The maximum absolute atomic E-state index is 11.1. The molecule has 0 aliphatic carbocycles. The maximum Gasteiger partial charge on any atom is 0.236 e. The van der Waals surface area contributed by atoms with Crippen molar-refractivity contribution in [3.63, 3.8) is 0 Å². The fraction of sp³-hybridized carbons (Fsp3) is 0.294. The quantitative estimate of drug-likeness (QED) is 0.564. The zero-order valence-electron chi connectivity index (χ0n) is 14.3.